The molecule has 31 heavy (non-hydrogen) atoms. The van der Waals surface area contributed by atoms with E-state index in [2.05, 4.69) is 17.2 Å². The summed E-state index contributed by atoms with van der Waals surface area (Å²) in [4.78, 5) is 25.6. The maximum Gasteiger partial charge on any atom is 0.319 e. The standard InChI is InChI=1S/C27H28N2O2/c1-18(2)21-12-9-13-22(16-21)27(4,5)29-26(31)28-23-15-14-19(3)24(17-23)25(30)20-10-7-6-8-11-20/h6-17H,1H2,2-5H3,(H2,28,29,31). The molecule has 4 heteroatoms. The first-order chi connectivity index (χ1) is 14.7. The van der Waals surface area contributed by atoms with Crippen LogP contribution in [0.5, 0.6) is 0 Å². The average molecular weight is 413 g/mol. The van der Waals surface area contributed by atoms with Gasteiger partial charge in [0, 0.05) is 16.8 Å². The summed E-state index contributed by atoms with van der Waals surface area (Å²) in [5.74, 6) is -0.0703. The Bertz CT molecular complexity index is 1130. The van der Waals surface area contributed by atoms with Crippen molar-refractivity contribution in [2.24, 2.45) is 0 Å². The van der Waals surface area contributed by atoms with Gasteiger partial charge in [0.2, 0.25) is 0 Å². The van der Waals surface area contributed by atoms with Gasteiger partial charge in [-0.2, -0.15) is 0 Å². The highest BCUT2D eigenvalue weighted by Crippen LogP contribution is 2.24. The average Bonchev–Trinajstić information content (AvgIpc) is 2.75. The summed E-state index contributed by atoms with van der Waals surface area (Å²) < 4.78 is 0. The Labute approximate surface area is 184 Å². The normalized spacial score (nSPS) is 11.0. The fourth-order valence-corrected chi connectivity index (χ4v) is 3.38. The Kier molecular flexibility index (Phi) is 6.40. The zero-order valence-electron chi connectivity index (χ0n) is 18.5. The van der Waals surface area contributed by atoms with Crippen LogP contribution in [0.1, 0.15) is 53.4 Å². The topological polar surface area (TPSA) is 58.2 Å². The molecule has 2 amide bonds. The molecule has 3 aromatic rings. The van der Waals surface area contributed by atoms with Crippen molar-refractivity contribution in [2.75, 3.05) is 5.32 Å². The molecule has 0 unspecified atom stereocenters. The van der Waals surface area contributed by atoms with Crippen LogP contribution < -0.4 is 10.6 Å². The number of carbonyl (C=O) groups excluding carboxylic acids is 2. The summed E-state index contributed by atoms with van der Waals surface area (Å²) >= 11 is 0. The Morgan fingerprint density at radius 1 is 0.871 bits per heavy atom. The number of nitrogens with one attached hydrogen (secondary N) is 2. The third kappa shape index (κ3) is 5.28. The number of anilines is 1. The fraction of sp³-hybridized carbons (Fsp3) is 0.185. The lowest BCUT2D eigenvalue weighted by atomic mass is 9.92. The molecular weight excluding hydrogens is 384 g/mol. The highest BCUT2D eigenvalue weighted by atomic mass is 16.2. The lowest BCUT2D eigenvalue weighted by molar-refractivity contribution is 0.103. The van der Waals surface area contributed by atoms with Crippen LogP contribution in [-0.2, 0) is 5.54 Å². The van der Waals surface area contributed by atoms with Crippen LogP contribution in [0, 0.1) is 6.92 Å². The molecule has 0 saturated carbocycles. The number of allylic oxidation sites excluding steroid dienone is 1. The summed E-state index contributed by atoms with van der Waals surface area (Å²) in [5.41, 5.74) is 5.00. The number of rotatable bonds is 6. The van der Waals surface area contributed by atoms with E-state index in [0.29, 0.717) is 16.8 Å². The molecule has 3 rings (SSSR count). The molecule has 4 nitrogen and oxygen atoms in total. The van der Waals surface area contributed by atoms with E-state index in [9.17, 15) is 9.59 Å². The highest BCUT2D eigenvalue weighted by Gasteiger charge is 2.23. The molecule has 0 heterocycles. The third-order valence-electron chi connectivity index (χ3n) is 5.28. The summed E-state index contributed by atoms with van der Waals surface area (Å²) in [5, 5.41) is 5.88. The second-order valence-corrected chi connectivity index (χ2v) is 8.29. The van der Waals surface area contributed by atoms with E-state index in [0.717, 1.165) is 22.3 Å². The summed E-state index contributed by atoms with van der Waals surface area (Å²) in [7, 11) is 0. The number of hydrogen-bond donors (Lipinski definition) is 2. The van der Waals surface area contributed by atoms with Crippen molar-refractivity contribution >= 4 is 23.1 Å². The second-order valence-electron chi connectivity index (χ2n) is 8.29. The predicted octanol–water partition coefficient (Wildman–Crippen LogP) is 6.32. The number of hydrogen-bond acceptors (Lipinski definition) is 2. The van der Waals surface area contributed by atoms with Crippen molar-refractivity contribution < 1.29 is 9.59 Å². The largest absolute Gasteiger partial charge is 0.329 e. The minimum absolute atomic E-state index is 0.0703. The predicted molar refractivity (Wildman–Crippen MR) is 127 cm³/mol. The van der Waals surface area contributed by atoms with Gasteiger partial charge in [0.25, 0.3) is 0 Å². The van der Waals surface area contributed by atoms with Crippen LogP contribution in [0.4, 0.5) is 10.5 Å². The molecule has 0 aliphatic rings. The highest BCUT2D eigenvalue weighted by molar-refractivity contribution is 6.10. The molecule has 0 spiro atoms. The molecule has 0 atom stereocenters. The van der Waals surface area contributed by atoms with Gasteiger partial charge < -0.3 is 10.6 Å². The number of aryl methyl sites for hydroxylation is 1. The Morgan fingerprint density at radius 2 is 1.55 bits per heavy atom. The Hall–Kier alpha value is -3.66. The van der Waals surface area contributed by atoms with Gasteiger partial charge in [-0.3, -0.25) is 4.79 Å². The summed E-state index contributed by atoms with van der Waals surface area (Å²) in [6, 6.07) is 22.1. The monoisotopic (exact) mass is 412 g/mol. The lowest BCUT2D eigenvalue weighted by Gasteiger charge is -2.27. The van der Waals surface area contributed by atoms with Gasteiger partial charge in [-0.25, -0.2) is 4.79 Å². The zero-order chi connectivity index (χ0) is 22.6. The summed E-state index contributed by atoms with van der Waals surface area (Å²) in [6.07, 6.45) is 0. The molecule has 2 N–H and O–H groups in total. The van der Waals surface area contributed by atoms with Gasteiger partial charge in [-0.1, -0.05) is 66.7 Å². The second kappa shape index (κ2) is 9.00. The molecule has 0 saturated heterocycles. The lowest BCUT2D eigenvalue weighted by Crippen LogP contribution is -2.43. The van der Waals surface area contributed by atoms with E-state index in [1.54, 1.807) is 24.3 Å². The van der Waals surface area contributed by atoms with Gasteiger partial charge in [0.05, 0.1) is 5.54 Å². The first-order valence-electron chi connectivity index (χ1n) is 10.2. The molecule has 158 valence electrons. The van der Waals surface area contributed by atoms with Gasteiger partial charge in [-0.15, -0.1) is 0 Å². The first kappa shape index (κ1) is 22.0. The molecule has 0 aliphatic heterocycles. The van der Waals surface area contributed by atoms with E-state index in [-0.39, 0.29) is 11.8 Å². The number of amides is 2. The van der Waals surface area contributed by atoms with Crippen LogP contribution in [0.25, 0.3) is 5.57 Å². The molecule has 0 aliphatic carbocycles. The first-order valence-corrected chi connectivity index (χ1v) is 10.2. The van der Waals surface area contributed by atoms with E-state index in [1.165, 1.54) is 0 Å². The van der Waals surface area contributed by atoms with Crippen molar-refractivity contribution in [1.29, 1.82) is 0 Å². The number of carbonyl (C=O) groups is 2. The number of ketones is 1. The van der Waals surface area contributed by atoms with Crippen molar-refractivity contribution in [3.63, 3.8) is 0 Å². The Morgan fingerprint density at radius 3 is 2.23 bits per heavy atom. The van der Waals surface area contributed by atoms with E-state index in [1.807, 2.05) is 76.2 Å². The molecule has 0 radical (unpaired) electrons. The van der Waals surface area contributed by atoms with Crippen molar-refractivity contribution in [1.82, 2.24) is 5.32 Å². The third-order valence-corrected chi connectivity index (χ3v) is 5.28. The van der Waals surface area contributed by atoms with Crippen LogP contribution in [0.15, 0.2) is 79.4 Å². The molecule has 3 aromatic carbocycles. The maximum absolute atomic E-state index is 12.9. The number of urea groups is 1. The van der Waals surface area contributed by atoms with E-state index < -0.39 is 5.54 Å². The maximum atomic E-state index is 12.9. The van der Waals surface area contributed by atoms with Gasteiger partial charge >= 0.3 is 6.03 Å². The molecule has 0 bridgehead atoms. The van der Waals surface area contributed by atoms with Crippen LogP contribution in [-0.4, -0.2) is 11.8 Å². The Balaban J connectivity index is 1.77. The van der Waals surface area contributed by atoms with Crippen molar-refractivity contribution in [3.05, 3.63) is 107 Å². The molecular formula is C27H28N2O2. The molecule has 0 fully saturated rings. The van der Waals surface area contributed by atoms with Gasteiger partial charge in [0.15, 0.2) is 5.78 Å². The quantitative estimate of drug-likeness (QED) is 0.466. The van der Waals surface area contributed by atoms with Gasteiger partial charge in [-0.05, 0) is 62.6 Å². The minimum atomic E-state index is -0.594. The zero-order valence-corrected chi connectivity index (χ0v) is 18.5. The van der Waals surface area contributed by atoms with Gasteiger partial charge in [0.1, 0.15) is 0 Å². The minimum Gasteiger partial charge on any atom is -0.329 e. The van der Waals surface area contributed by atoms with E-state index in [4.69, 9.17) is 0 Å². The van der Waals surface area contributed by atoms with Crippen molar-refractivity contribution in [3.8, 4) is 0 Å². The summed E-state index contributed by atoms with van der Waals surface area (Å²) in [6.45, 7) is 11.7. The van der Waals surface area contributed by atoms with Crippen LogP contribution in [0.3, 0.4) is 0 Å². The SMILES string of the molecule is C=C(C)c1cccc(C(C)(C)NC(=O)Nc2ccc(C)c(C(=O)c3ccccc3)c2)c1. The molecule has 0 aromatic heterocycles. The van der Waals surface area contributed by atoms with E-state index >= 15 is 0 Å². The van der Waals surface area contributed by atoms with Crippen LogP contribution in [0.2, 0.25) is 0 Å². The van der Waals surface area contributed by atoms with Crippen LogP contribution >= 0.6 is 0 Å². The van der Waals surface area contributed by atoms with Crippen molar-refractivity contribution in [2.45, 2.75) is 33.2 Å². The fourth-order valence-electron chi connectivity index (χ4n) is 3.38. The number of benzene rings is 3. The smallest absolute Gasteiger partial charge is 0.319 e.